The molecule has 0 saturated carbocycles. The smallest absolute Gasteiger partial charge is 0.406 e. The third-order valence-corrected chi connectivity index (χ3v) is 4.99. The van der Waals surface area contributed by atoms with Crippen molar-refractivity contribution in [3.05, 3.63) is 54.1 Å². The predicted molar refractivity (Wildman–Crippen MR) is 97.9 cm³/mol. The number of anilines is 1. The first-order valence-corrected chi connectivity index (χ1v) is 9.68. The average Bonchev–Trinajstić information content (AvgIpc) is 2.61. The minimum atomic E-state index is -4.50. The van der Waals surface area contributed by atoms with Crippen LogP contribution in [0.4, 0.5) is 18.9 Å². The van der Waals surface area contributed by atoms with E-state index < -0.39 is 28.7 Å². The summed E-state index contributed by atoms with van der Waals surface area (Å²) in [5.41, 5.74) is 0.180. The zero-order chi connectivity index (χ0) is 20.9. The lowest BCUT2D eigenvalue weighted by molar-refractivity contribution is -0.138. The van der Waals surface area contributed by atoms with Crippen LogP contribution in [0.15, 0.2) is 53.4 Å². The zero-order valence-electron chi connectivity index (χ0n) is 15.2. The zero-order valence-corrected chi connectivity index (χ0v) is 16.0. The van der Waals surface area contributed by atoms with Gasteiger partial charge in [-0.1, -0.05) is 0 Å². The highest BCUT2D eigenvalue weighted by Gasteiger charge is 2.31. The van der Waals surface area contributed by atoms with Gasteiger partial charge < -0.3 is 9.64 Å². The molecule has 0 aliphatic carbocycles. The van der Waals surface area contributed by atoms with Gasteiger partial charge in [-0.3, -0.25) is 9.52 Å². The van der Waals surface area contributed by atoms with Gasteiger partial charge >= 0.3 is 6.18 Å². The Bertz CT molecular complexity index is 911. The molecule has 0 spiro atoms. The topological polar surface area (TPSA) is 75.7 Å². The first-order valence-electron chi connectivity index (χ1n) is 8.20. The maximum absolute atomic E-state index is 12.4. The fourth-order valence-corrected chi connectivity index (χ4v) is 3.40. The number of amides is 1. The molecule has 1 amide bonds. The molecule has 0 atom stereocenters. The van der Waals surface area contributed by atoms with Crippen molar-refractivity contribution < 1.29 is 31.1 Å². The number of rotatable bonds is 7. The van der Waals surface area contributed by atoms with Crippen molar-refractivity contribution in [2.24, 2.45) is 0 Å². The van der Waals surface area contributed by atoms with E-state index in [-0.39, 0.29) is 16.1 Å². The van der Waals surface area contributed by atoms with Crippen molar-refractivity contribution in [3.63, 3.8) is 0 Å². The second kappa shape index (κ2) is 8.51. The van der Waals surface area contributed by atoms with Crippen molar-refractivity contribution in [2.75, 3.05) is 24.9 Å². The SMILES string of the molecule is CCOc1ccc(S(=O)(=O)Nc2ccc(C(=O)N(C)CC(F)(F)F)cc2)cc1. The minimum Gasteiger partial charge on any atom is -0.494 e. The molecule has 2 rings (SSSR count). The lowest BCUT2D eigenvalue weighted by Gasteiger charge is -2.19. The highest BCUT2D eigenvalue weighted by Crippen LogP contribution is 2.21. The third-order valence-electron chi connectivity index (χ3n) is 3.59. The number of hydrogen-bond acceptors (Lipinski definition) is 4. The van der Waals surface area contributed by atoms with Crippen LogP contribution >= 0.6 is 0 Å². The van der Waals surface area contributed by atoms with E-state index in [1.54, 1.807) is 0 Å². The van der Waals surface area contributed by atoms with Crippen molar-refractivity contribution in [1.29, 1.82) is 0 Å². The quantitative estimate of drug-likeness (QED) is 0.749. The summed E-state index contributed by atoms with van der Waals surface area (Å²) in [6.07, 6.45) is -4.50. The van der Waals surface area contributed by atoms with E-state index in [1.807, 2.05) is 6.92 Å². The molecule has 28 heavy (non-hydrogen) atoms. The highest BCUT2D eigenvalue weighted by molar-refractivity contribution is 7.92. The summed E-state index contributed by atoms with van der Waals surface area (Å²) in [6.45, 7) is 0.882. The molecule has 1 N–H and O–H groups in total. The van der Waals surface area contributed by atoms with E-state index in [0.29, 0.717) is 17.3 Å². The molecule has 0 fully saturated rings. The Morgan fingerprint density at radius 2 is 1.64 bits per heavy atom. The molecule has 10 heteroatoms. The van der Waals surface area contributed by atoms with Gasteiger partial charge in [0.15, 0.2) is 0 Å². The summed E-state index contributed by atoms with van der Waals surface area (Å²) >= 11 is 0. The van der Waals surface area contributed by atoms with Gasteiger partial charge in [-0.05, 0) is 55.5 Å². The van der Waals surface area contributed by atoms with E-state index >= 15 is 0 Å². The van der Waals surface area contributed by atoms with Crippen molar-refractivity contribution in [3.8, 4) is 5.75 Å². The Balaban J connectivity index is 2.09. The predicted octanol–water partition coefficient (Wildman–Crippen LogP) is 3.52. The molecule has 2 aromatic rings. The van der Waals surface area contributed by atoms with E-state index in [9.17, 15) is 26.4 Å². The number of benzene rings is 2. The minimum absolute atomic E-state index is 0.00997. The summed E-state index contributed by atoms with van der Waals surface area (Å²) < 4.78 is 69.6. The number of nitrogens with one attached hydrogen (secondary N) is 1. The summed E-state index contributed by atoms with van der Waals surface area (Å²) in [5.74, 6) is -0.287. The number of sulfonamides is 1. The Kier molecular flexibility index (Phi) is 6.55. The number of ether oxygens (including phenoxy) is 1. The number of carbonyl (C=O) groups is 1. The molecular formula is C18H19F3N2O4S. The van der Waals surface area contributed by atoms with E-state index in [2.05, 4.69) is 4.72 Å². The van der Waals surface area contributed by atoms with Crippen LogP contribution < -0.4 is 9.46 Å². The number of nitrogens with zero attached hydrogens (tertiary/aromatic N) is 1. The van der Waals surface area contributed by atoms with Gasteiger partial charge in [-0.15, -0.1) is 0 Å². The van der Waals surface area contributed by atoms with Crippen molar-refractivity contribution in [2.45, 2.75) is 18.0 Å². The molecule has 0 heterocycles. The first kappa shape index (κ1) is 21.5. The third kappa shape index (κ3) is 5.88. The van der Waals surface area contributed by atoms with E-state index in [4.69, 9.17) is 4.74 Å². The summed E-state index contributed by atoms with van der Waals surface area (Å²) in [5, 5.41) is 0. The standard InChI is InChI=1S/C18H19F3N2O4S/c1-3-27-15-8-10-16(11-9-15)28(25,26)22-14-6-4-13(5-7-14)17(24)23(2)12-18(19,20)21/h4-11,22H,3,12H2,1-2H3. The maximum atomic E-state index is 12.4. The molecule has 0 radical (unpaired) electrons. The average molecular weight is 416 g/mol. The monoisotopic (exact) mass is 416 g/mol. The Morgan fingerprint density at radius 3 is 2.14 bits per heavy atom. The van der Waals surface area contributed by atoms with Crippen LogP contribution in [-0.2, 0) is 10.0 Å². The molecule has 2 aromatic carbocycles. The van der Waals surface area contributed by atoms with Crippen LogP contribution in [0.3, 0.4) is 0 Å². The molecular weight excluding hydrogens is 397 g/mol. The van der Waals surface area contributed by atoms with Gasteiger partial charge in [-0.2, -0.15) is 13.2 Å². The molecule has 0 unspecified atom stereocenters. The van der Waals surface area contributed by atoms with Gasteiger partial charge in [0.25, 0.3) is 15.9 Å². The number of halogens is 3. The molecule has 0 aromatic heterocycles. The van der Waals surface area contributed by atoms with Crippen LogP contribution in [0.1, 0.15) is 17.3 Å². The number of alkyl halides is 3. The molecule has 0 saturated heterocycles. The lowest BCUT2D eigenvalue weighted by atomic mass is 10.2. The normalized spacial score (nSPS) is 11.8. The Morgan fingerprint density at radius 1 is 1.07 bits per heavy atom. The second-order valence-electron chi connectivity index (χ2n) is 5.86. The van der Waals surface area contributed by atoms with Gasteiger partial charge in [0.1, 0.15) is 12.3 Å². The Hall–Kier alpha value is -2.75. The van der Waals surface area contributed by atoms with Crippen LogP contribution in [0.5, 0.6) is 5.75 Å². The summed E-state index contributed by atoms with van der Waals surface area (Å²) in [6, 6.07) is 10.9. The number of hydrogen-bond donors (Lipinski definition) is 1. The van der Waals surface area contributed by atoms with Gasteiger partial charge in [-0.25, -0.2) is 8.42 Å². The highest BCUT2D eigenvalue weighted by atomic mass is 32.2. The maximum Gasteiger partial charge on any atom is 0.406 e. The van der Waals surface area contributed by atoms with E-state index in [1.165, 1.54) is 48.5 Å². The van der Waals surface area contributed by atoms with Gasteiger partial charge in [0.2, 0.25) is 0 Å². The van der Waals surface area contributed by atoms with Gasteiger partial charge in [0.05, 0.1) is 11.5 Å². The number of carbonyl (C=O) groups excluding carboxylic acids is 1. The van der Waals surface area contributed by atoms with Crippen molar-refractivity contribution in [1.82, 2.24) is 4.90 Å². The lowest BCUT2D eigenvalue weighted by Crippen LogP contribution is -2.35. The summed E-state index contributed by atoms with van der Waals surface area (Å²) in [4.78, 5) is 12.6. The van der Waals surface area contributed by atoms with Crippen LogP contribution in [0.2, 0.25) is 0 Å². The molecule has 0 aliphatic rings. The van der Waals surface area contributed by atoms with Gasteiger partial charge in [0, 0.05) is 18.3 Å². The fraction of sp³-hybridized carbons (Fsp3) is 0.278. The summed E-state index contributed by atoms with van der Waals surface area (Å²) in [7, 11) is -2.83. The molecule has 0 aliphatic heterocycles. The van der Waals surface area contributed by atoms with E-state index in [0.717, 1.165) is 7.05 Å². The second-order valence-corrected chi connectivity index (χ2v) is 7.55. The van der Waals surface area contributed by atoms with Crippen LogP contribution in [0, 0.1) is 0 Å². The Labute approximate surface area is 161 Å². The molecule has 0 bridgehead atoms. The first-order chi connectivity index (χ1) is 13.0. The van der Waals surface area contributed by atoms with Crippen LogP contribution in [0.25, 0.3) is 0 Å². The molecule has 152 valence electrons. The largest absolute Gasteiger partial charge is 0.494 e. The fourth-order valence-electron chi connectivity index (χ4n) is 2.34. The van der Waals surface area contributed by atoms with Crippen LogP contribution in [-0.4, -0.2) is 45.6 Å². The molecule has 6 nitrogen and oxygen atoms in total. The van der Waals surface area contributed by atoms with Crippen molar-refractivity contribution >= 4 is 21.6 Å².